The molecule has 2 rings (SSSR count). The first-order valence-electron chi connectivity index (χ1n) is 4.19. The number of hydrogen-bond acceptors (Lipinski definition) is 3. The van der Waals surface area contributed by atoms with Crippen molar-refractivity contribution in [3.8, 4) is 0 Å². The van der Waals surface area contributed by atoms with Crippen molar-refractivity contribution in [1.29, 1.82) is 0 Å². The van der Waals surface area contributed by atoms with Gasteiger partial charge in [-0.1, -0.05) is 18.0 Å². The van der Waals surface area contributed by atoms with Crippen LogP contribution in [-0.4, -0.2) is 5.16 Å². The van der Waals surface area contributed by atoms with Crippen LogP contribution >= 0.6 is 15.9 Å². The molecule has 0 radical (unpaired) electrons. The Kier molecular flexibility index (Phi) is 2.09. The molecule has 2 N–H and O–H groups in total. The van der Waals surface area contributed by atoms with Crippen molar-refractivity contribution in [3.05, 3.63) is 10.4 Å². The average Bonchev–Trinajstić information content (AvgIpc) is 2.64. The Bertz CT molecular complexity index is 279. The minimum Gasteiger partial charge on any atom is -0.394 e. The molecule has 1 aromatic heterocycles. The lowest BCUT2D eigenvalue weighted by molar-refractivity contribution is 0.359. The van der Waals surface area contributed by atoms with E-state index in [0.29, 0.717) is 16.2 Å². The van der Waals surface area contributed by atoms with Gasteiger partial charge in [0.2, 0.25) is 0 Å². The van der Waals surface area contributed by atoms with Crippen LogP contribution in [0.5, 0.6) is 0 Å². The first kappa shape index (κ1) is 8.10. The molecular weight excluding hydrogens is 220 g/mol. The largest absolute Gasteiger partial charge is 0.394 e. The zero-order valence-corrected chi connectivity index (χ0v) is 8.30. The molecule has 0 spiro atoms. The molecular formula is C8H11BrN2O. The van der Waals surface area contributed by atoms with Crippen LogP contribution in [0.3, 0.4) is 0 Å². The third kappa shape index (κ3) is 1.24. The summed E-state index contributed by atoms with van der Waals surface area (Å²) in [5, 5.41) is 3.78. The molecule has 0 unspecified atom stereocenters. The van der Waals surface area contributed by atoms with Crippen LogP contribution in [0, 0.1) is 0 Å². The topological polar surface area (TPSA) is 52.0 Å². The highest BCUT2D eigenvalue weighted by atomic mass is 79.9. The highest BCUT2D eigenvalue weighted by Gasteiger charge is 2.24. The fourth-order valence-electron chi connectivity index (χ4n) is 1.77. The molecule has 66 valence electrons. The number of anilines is 1. The Morgan fingerprint density at radius 2 is 2.08 bits per heavy atom. The van der Waals surface area contributed by atoms with E-state index in [1.807, 2.05) is 0 Å². The van der Waals surface area contributed by atoms with E-state index in [9.17, 15) is 0 Å². The van der Waals surface area contributed by atoms with Gasteiger partial charge in [0.25, 0.3) is 0 Å². The van der Waals surface area contributed by atoms with Crippen molar-refractivity contribution in [1.82, 2.24) is 5.16 Å². The predicted molar refractivity (Wildman–Crippen MR) is 49.8 cm³/mol. The number of aromatic nitrogens is 1. The second-order valence-electron chi connectivity index (χ2n) is 3.23. The number of rotatable bonds is 1. The van der Waals surface area contributed by atoms with Crippen molar-refractivity contribution in [2.45, 2.75) is 31.6 Å². The second-order valence-corrected chi connectivity index (χ2v) is 3.98. The fourth-order valence-corrected chi connectivity index (χ4v) is 2.04. The predicted octanol–water partition coefficient (Wildman–Crippen LogP) is 2.68. The maximum atomic E-state index is 5.78. The monoisotopic (exact) mass is 230 g/mol. The molecule has 1 aromatic rings. The molecule has 1 fully saturated rings. The van der Waals surface area contributed by atoms with E-state index in [0.717, 1.165) is 5.76 Å². The third-order valence-electron chi connectivity index (χ3n) is 2.44. The number of nitrogens with two attached hydrogens (primary N) is 1. The van der Waals surface area contributed by atoms with Crippen LogP contribution < -0.4 is 5.73 Å². The summed E-state index contributed by atoms with van der Waals surface area (Å²) in [4.78, 5) is 0. The standard InChI is InChI=1S/C8H11BrN2O/c9-8-6(10)7(12-11-8)5-3-1-2-4-5/h5H,1-4,10H2. The minimum absolute atomic E-state index is 0.504. The van der Waals surface area contributed by atoms with E-state index in [-0.39, 0.29) is 0 Å². The average molecular weight is 231 g/mol. The van der Waals surface area contributed by atoms with Crippen molar-refractivity contribution >= 4 is 21.6 Å². The van der Waals surface area contributed by atoms with Gasteiger partial charge in [0, 0.05) is 5.92 Å². The van der Waals surface area contributed by atoms with Crippen LogP contribution in [0.2, 0.25) is 0 Å². The second kappa shape index (κ2) is 3.09. The highest BCUT2D eigenvalue weighted by Crippen LogP contribution is 2.38. The molecule has 0 aliphatic heterocycles. The Balaban J connectivity index is 2.26. The molecule has 1 heterocycles. The van der Waals surface area contributed by atoms with Crippen LogP contribution in [0.15, 0.2) is 9.13 Å². The molecule has 3 nitrogen and oxygen atoms in total. The van der Waals surface area contributed by atoms with Crippen LogP contribution in [0.4, 0.5) is 5.69 Å². The Labute approximate surface area is 79.4 Å². The summed E-state index contributed by atoms with van der Waals surface area (Å²) in [6.45, 7) is 0. The molecule has 0 saturated heterocycles. The molecule has 4 heteroatoms. The van der Waals surface area contributed by atoms with Gasteiger partial charge in [-0.05, 0) is 28.8 Å². The van der Waals surface area contributed by atoms with Gasteiger partial charge in [-0.15, -0.1) is 0 Å². The fraction of sp³-hybridized carbons (Fsp3) is 0.625. The van der Waals surface area contributed by atoms with E-state index in [1.165, 1.54) is 25.7 Å². The van der Waals surface area contributed by atoms with Crippen molar-refractivity contribution < 1.29 is 4.52 Å². The normalized spacial score (nSPS) is 18.8. The summed E-state index contributed by atoms with van der Waals surface area (Å²) in [7, 11) is 0. The lowest BCUT2D eigenvalue weighted by atomic mass is 10.0. The highest BCUT2D eigenvalue weighted by molar-refractivity contribution is 9.10. The summed E-state index contributed by atoms with van der Waals surface area (Å²) in [5.41, 5.74) is 6.46. The zero-order valence-electron chi connectivity index (χ0n) is 6.72. The lowest BCUT2D eigenvalue weighted by Crippen LogP contribution is -1.95. The molecule has 12 heavy (non-hydrogen) atoms. The van der Waals surface area contributed by atoms with E-state index >= 15 is 0 Å². The number of hydrogen-bond donors (Lipinski definition) is 1. The molecule has 0 aromatic carbocycles. The summed E-state index contributed by atoms with van der Waals surface area (Å²) in [5.74, 6) is 1.38. The van der Waals surface area contributed by atoms with Gasteiger partial charge in [-0.2, -0.15) is 0 Å². The molecule has 0 atom stereocenters. The summed E-state index contributed by atoms with van der Waals surface area (Å²) in [6, 6.07) is 0. The van der Waals surface area contributed by atoms with Crippen LogP contribution in [0.1, 0.15) is 37.4 Å². The van der Waals surface area contributed by atoms with Gasteiger partial charge < -0.3 is 10.3 Å². The molecule has 0 amide bonds. The Hall–Kier alpha value is -0.510. The lowest BCUT2D eigenvalue weighted by Gasteiger charge is -2.03. The molecule has 1 aliphatic carbocycles. The molecule has 1 saturated carbocycles. The molecule has 1 aliphatic rings. The summed E-state index contributed by atoms with van der Waals surface area (Å²) >= 11 is 3.23. The summed E-state index contributed by atoms with van der Waals surface area (Å²) < 4.78 is 5.80. The van der Waals surface area contributed by atoms with Crippen molar-refractivity contribution in [3.63, 3.8) is 0 Å². The third-order valence-corrected chi connectivity index (χ3v) is 3.01. The quantitative estimate of drug-likeness (QED) is 0.808. The van der Waals surface area contributed by atoms with Gasteiger partial charge in [-0.25, -0.2) is 0 Å². The summed E-state index contributed by atoms with van der Waals surface area (Å²) in [6.07, 6.45) is 4.93. The minimum atomic E-state index is 0.504. The first-order valence-corrected chi connectivity index (χ1v) is 4.99. The Morgan fingerprint density at radius 3 is 2.58 bits per heavy atom. The maximum absolute atomic E-state index is 5.78. The van der Waals surface area contributed by atoms with Crippen LogP contribution in [0.25, 0.3) is 0 Å². The van der Waals surface area contributed by atoms with Gasteiger partial charge in [0.05, 0.1) is 0 Å². The SMILES string of the molecule is Nc1c(Br)noc1C1CCCC1. The van der Waals surface area contributed by atoms with Crippen molar-refractivity contribution in [2.75, 3.05) is 5.73 Å². The van der Waals surface area contributed by atoms with Gasteiger partial charge in [0.15, 0.2) is 10.4 Å². The molecule has 0 bridgehead atoms. The van der Waals surface area contributed by atoms with Gasteiger partial charge in [-0.3, -0.25) is 0 Å². The van der Waals surface area contributed by atoms with Gasteiger partial charge >= 0.3 is 0 Å². The smallest absolute Gasteiger partial charge is 0.172 e. The Morgan fingerprint density at radius 1 is 1.42 bits per heavy atom. The zero-order chi connectivity index (χ0) is 8.55. The van der Waals surface area contributed by atoms with E-state index < -0.39 is 0 Å². The van der Waals surface area contributed by atoms with Crippen molar-refractivity contribution in [2.24, 2.45) is 0 Å². The van der Waals surface area contributed by atoms with E-state index in [4.69, 9.17) is 10.3 Å². The van der Waals surface area contributed by atoms with Gasteiger partial charge in [0.1, 0.15) is 5.69 Å². The first-order chi connectivity index (χ1) is 5.79. The van der Waals surface area contributed by atoms with E-state index in [1.54, 1.807) is 0 Å². The maximum Gasteiger partial charge on any atom is 0.172 e. The van der Waals surface area contributed by atoms with Crippen LogP contribution in [-0.2, 0) is 0 Å². The number of nitrogen functional groups attached to an aromatic ring is 1. The number of halogens is 1. The number of nitrogens with zero attached hydrogens (tertiary/aromatic N) is 1. The van der Waals surface area contributed by atoms with E-state index in [2.05, 4.69) is 21.1 Å².